The number of morpholine rings is 1. The van der Waals surface area contributed by atoms with E-state index in [-0.39, 0.29) is 18.1 Å². The van der Waals surface area contributed by atoms with Gasteiger partial charge in [-0.15, -0.1) is 0 Å². The summed E-state index contributed by atoms with van der Waals surface area (Å²) in [6.45, 7) is 9.66. The largest absolute Gasteiger partial charge is 0.465 e. The molecule has 0 unspecified atom stereocenters. The quantitative estimate of drug-likeness (QED) is 0.345. The molecule has 1 N–H and O–H groups in total. The monoisotopic (exact) mass is 533 g/mol. The normalized spacial score (nSPS) is 20.0. The fourth-order valence-electron chi connectivity index (χ4n) is 5.65. The highest BCUT2D eigenvalue weighted by molar-refractivity contribution is 7.80. The number of thiocarbonyl (C=S) groups is 1. The van der Waals surface area contributed by atoms with Crippen LogP contribution in [0.25, 0.3) is 5.69 Å². The molecule has 0 aliphatic carbocycles. The molecule has 0 spiro atoms. The third-order valence-corrected chi connectivity index (χ3v) is 7.84. The molecule has 2 aliphatic rings. The van der Waals surface area contributed by atoms with Gasteiger partial charge >= 0.3 is 5.97 Å². The van der Waals surface area contributed by atoms with Crippen LogP contribution in [-0.4, -0.2) is 76.9 Å². The number of benzene rings is 1. The molecule has 9 heteroatoms. The number of esters is 1. The van der Waals surface area contributed by atoms with Crippen LogP contribution in [0.3, 0.4) is 0 Å². The molecule has 2 saturated heterocycles. The SMILES string of the molecule is COC(=O)c1cccc(-n2c(C)cc([C@H]3[C@@H](c4ccccn4)NC(=S)N3CCCN3CCOCC3)c2C)c1. The van der Waals surface area contributed by atoms with Gasteiger partial charge in [-0.2, -0.15) is 0 Å². The molecular weight excluding hydrogens is 498 g/mol. The van der Waals surface area contributed by atoms with E-state index in [2.05, 4.69) is 50.6 Å². The van der Waals surface area contributed by atoms with Gasteiger partial charge in [-0.05, 0) is 74.4 Å². The highest BCUT2D eigenvalue weighted by atomic mass is 32.1. The molecule has 0 bridgehead atoms. The van der Waals surface area contributed by atoms with Gasteiger partial charge < -0.3 is 24.3 Å². The lowest BCUT2D eigenvalue weighted by molar-refractivity contribution is 0.0365. The number of pyridine rings is 1. The Kier molecular flexibility index (Phi) is 8.06. The lowest BCUT2D eigenvalue weighted by Gasteiger charge is -2.30. The molecule has 1 aromatic carbocycles. The molecule has 0 radical (unpaired) electrons. The Bertz CT molecular complexity index is 1290. The number of aryl methyl sites for hydroxylation is 1. The van der Waals surface area contributed by atoms with E-state index in [4.69, 9.17) is 21.7 Å². The maximum atomic E-state index is 12.2. The zero-order valence-corrected chi connectivity index (χ0v) is 23.0. The predicted molar refractivity (Wildman–Crippen MR) is 151 cm³/mol. The van der Waals surface area contributed by atoms with E-state index in [1.807, 2.05) is 36.5 Å². The van der Waals surface area contributed by atoms with Crippen LogP contribution in [0.2, 0.25) is 0 Å². The van der Waals surface area contributed by atoms with E-state index >= 15 is 0 Å². The van der Waals surface area contributed by atoms with Gasteiger partial charge in [0.1, 0.15) is 0 Å². The summed E-state index contributed by atoms with van der Waals surface area (Å²) in [6, 6.07) is 15.7. The summed E-state index contributed by atoms with van der Waals surface area (Å²) >= 11 is 5.90. The Morgan fingerprint density at radius 1 is 1.13 bits per heavy atom. The summed E-state index contributed by atoms with van der Waals surface area (Å²) < 4.78 is 12.7. The number of nitrogens with zero attached hydrogens (tertiary/aromatic N) is 4. The van der Waals surface area contributed by atoms with Crippen LogP contribution in [0, 0.1) is 13.8 Å². The molecular formula is C29H35N5O3S. The van der Waals surface area contributed by atoms with Crippen molar-refractivity contribution < 1.29 is 14.3 Å². The van der Waals surface area contributed by atoms with Crippen molar-refractivity contribution >= 4 is 23.3 Å². The number of aromatic nitrogens is 2. The van der Waals surface area contributed by atoms with Crippen molar-refractivity contribution in [2.45, 2.75) is 32.4 Å². The molecule has 38 heavy (non-hydrogen) atoms. The van der Waals surface area contributed by atoms with Crippen molar-refractivity contribution in [2.75, 3.05) is 46.5 Å². The van der Waals surface area contributed by atoms with E-state index in [0.29, 0.717) is 5.56 Å². The molecule has 5 rings (SSSR count). The number of carbonyl (C=O) groups excluding carboxylic acids is 1. The summed E-state index contributed by atoms with van der Waals surface area (Å²) in [5.74, 6) is -0.346. The van der Waals surface area contributed by atoms with Crippen molar-refractivity contribution in [1.29, 1.82) is 0 Å². The molecule has 3 aromatic rings. The van der Waals surface area contributed by atoms with Crippen LogP contribution in [0.1, 0.15) is 51.5 Å². The molecule has 2 atom stereocenters. The van der Waals surface area contributed by atoms with E-state index in [1.54, 1.807) is 6.07 Å². The lowest BCUT2D eigenvalue weighted by atomic mass is 9.96. The van der Waals surface area contributed by atoms with Gasteiger partial charge in [0.05, 0.1) is 43.7 Å². The van der Waals surface area contributed by atoms with Gasteiger partial charge in [0.2, 0.25) is 0 Å². The number of nitrogens with one attached hydrogen (secondary N) is 1. The van der Waals surface area contributed by atoms with Gasteiger partial charge in [0.25, 0.3) is 0 Å². The first-order chi connectivity index (χ1) is 18.5. The molecule has 0 amide bonds. The van der Waals surface area contributed by atoms with Gasteiger partial charge in [-0.25, -0.2) is 4.79 Å². The molecule has 2 aliphatic heterocycles. The van der Waals surface area contributed by atoms with E-state index in [9.17, 15) is 4.79 Å². The average molecular weight is 534 g/mol. The highest BCUT2D eigenvalue weighted by Gasteiger charge is 2.41. The molecule has 200 valence electrons. The van der Waals surface area contributed by atoms with Gasteiger partial charge in [-0.1, -0.05) is 12.1 Å². The standard InChI is InChI=1S/C29H35N5O3S/c1-20-18-24(21(2)34(20)23-9-6-8-22(19-23)28(35)36-3)27-26(25-10-4-5-11-30-25)31-29(38)33(27)13-7-12-32-14-16-37-17-15-32/h4-6,8-11,18-19,26-27H,7,12-17H2,1-3H3,(H,31,38)/t26-,27+/m1/s1. The van der Waals surface area contributed by atoms with Crippen LogP contribution in [0.15, 0.2) is 54.7 Å². The lowest BCUT2D eigenvalue weighted by Crippen LogP contribution is -2.39. The van der Waals surface area contributed by atoms with Gasteiger partial charge in [0, 0.05) is 49.5 Å². The van der Waals surface area contributed by atoms with E-state index < -0.39 is 0 Å². The molecule has 0 saturated carbocycles. The van der Waals surface area contributed by atoms with Crippen molar-refractivity contribution in [3.63, 3.8) is 0 Å². The summed E-state index contributed by atoms with van der Waals surface area (Å²) in [5.41, 5.74) is 5.81. The number of methoxy groups -OCH3 is 1. The smallest absolute Gasteiger partial charge is 0.337 e. The maximum absolute atomic E-state index is 12.2. The minimum atomic E-state index is -0.346. The second-order valence-corrected chi connectivity index (χ2v) is 10.2. The van der Waals surface area contributed by atoms with Crippen LogP contribution >= 0.6 is 12.2 Å². The Morgan fingerprint density at radius 2 is 1.95 bits per heavy atom. The number of hydrogen-bond donors (Lipinski definition) is 1. The highest BCUT2D eigenvalue weighted by Crippen LogP contribution is 2.41. The van der Waals surface area contributed by atoms with Gasteiger partial charge in [0.15, 0.2) is 5.11 Å². The Morgan fingerprint density at radius 3 is 2.68 bits per heavy atom. The number of ether oxygens (including phenoxy) is 2. The first-order valence-corrected chi connectivity index (χ1v) is 13.5. The molecule has 8 nitrogen and oxygen atoms in total. The maximum Gasteiger partial charge on any atom is 0.337 e. The first kappa shape index (κ1) is 26.3. The summed E-state index contributed by atoms with van der Waals surface area (Å²) in [7, 11) is 1.40. The predicted octanol–water partition coefficient (Wildman–Crippen LogP) is 3.97. The Hall–Kier alpha value is -3.27. The fourth-order valence-corrected chi connectivity index (χ4v) is 5.98. The topological polar surface area (TPSA) is 71.9 Å². The first-order valence-electron chi connectivity index (χ1n) is 13.1. The van der Waals surface area contributed by atoms with Crippen LogP contribution in [0.4, 0.5) is 0 Å². The minimum Gasteiger partial charge on any atom is -0.465 e. The van der Waals surface area contributed by atoms with Crippen molar-refractivity contribution in [1.82, 2.24) is 24.7 Å². The third-order valence-electron chi connectivity index (χ3n) is 7.49. The third kappa shape index (κ3) is 5.32. The average Bonchev–Trinajstić information content (AvgIpc) is 3.43. The molecule has 4 heterocycles. The van der Waals surface area contributed by atoms with Crippen LogP contribution < -0.4 is 5.32 Å². The minimum absolute atomic E-state index is 0.00849. The molecule has 2 aromatic heterocycles. The van der Waals surface area contributed by atoms with E-state index in [0.717, 1.165) is 73.7 Å². The Balaban J connectivity index is 1.48. The second-order valence-electron chi connectivity index (χ2n) is 9.83. The molecule has 2 fully saturated rings. The van der Waals surface area contributed by atoms with Crippen molar-refractivity contribution in [3.8, 4) is 5.69 Å². The zero-order valence-electron chi connectivity index (χ0n) is 22.2. The van der Waals surface area contributed by atoms with Crippen molar-refractivity contribution in [3.05, 3.63) is 82.9 Å². The number of carbonyl (C=O) groups is 1. The van der Waals surface area contributed by atoms with E-state index in [1.165, 1.54) is 12.7 Å². The second kappa shape index (κ2) is 11.6. The van der Waals surface area contributed by atoms with Crippen molar-refractivity contribution in [2.24, 2.45) is 0 Å². The Labute approximate surface area is 229 Å². The van der Waals surface area contributed by atoms with Gasteiger partial charge in [-0.3, -0.25) is 9.88 Å². The summed E-state index contributed by atoms with van der Waals surface area (Å²) in [4.78, 5) is 21.7. The summed E-state index contributed by atoms with van der Waals surface area (Å²) in [5, 5.41) is 4.33. The van der Waals surface area contributed by atoms with Crippen LogP contribution in [-0.2, 0) is 9.47 Å². The number of hydrogen-bond acceptors (Lipinski definition) is 6. The summed E-state index contributed by atoms with van der Waals surface area (Å²) in [6.07, 6.45) is 2.84. The fraction of sp³-hybridized carbons (Fsp3) is 0.414. The number of rotatable bonds is 8. The van der Waals surface area contributed by atoms with Crippen LogP contribution in [0.5, 0.6) is 0 Å². The zero-order chi connectivity index (χ0) is 26.6.